The number of carbonyl (C=O) groups excluding carboxylic acids is 1. The lowest BCUT2D eigenvalue weighted by molar-refractivity contribution is 0.112. The predicted octanol–water partition coefficient (Wildman–Crippen LogP) is 2.80. The molecule has 1 saturated carbocycles. The number of hydrogen-bond donors (Lipinski definition) is 3. The minimum absolute atomic E-state index is 0.440. The van der Waals surface area contributed by atoms with Gasteiger partial charge in [-0.25, -0.2) is 9.97 Å². The molecule has 7 heteroatoms. The number of anilines is 4. The number of pyridine rings is 2. The fraction of sp³-hybridized carbons (Fsp3) is 0.450. The maximum absolute atomic E-state index is 11.3. The van der Waals surface area contributed by atoms with E-state index >= 15 is 0 Å². The Morgan fingerprint density at radius 3 is 2.56 bits per heavy atom. The maximum Gasteiger partial charge on any atom is 0.153 e. The highest BCUT2D eigenvalue weighted by Crippen LogP contribution is 2.26. The first-order valence-electron chi connectivity index (χ1n) is 9.72. The van der Waals surface area contributed by atoms with Crippen LogP contribution in [0.3, 0.4) is 0 Å². The normalized spacial score (nSPS) is 17.7. The molecular weight excluding hydrogens is 340 g/mol. The van der Waals surface area contributed by atoms with Crippen LogP contribution in [0.5, 0.6) is 0 Å². The van der Waals surface area contributed by atoms with E-state index < -0.39 is 0 Å². The number of hydrogen-bond acceptors (Lipinski definition) is 7. The summed E-state index contributed by atoms with van der Waals surface area (Å²) in [5, 5.41) is 10.1. The van der Waals surface area contributed by atoms with E-state index in [0.717, 1.165) is 62.5 Å². The Bertz CT molecular complexity index is 767. The Labute approximate surface area is 159 Å². The van der Waals surface area contributed by atoms with E-state index in [-0.39, 0.29) is 0 Å². The van der Waals surface area contributed by atoms with Crippen LogP contribution < -0.4 is 20.9 Å². The first-order chi connectivity index (χ1) is 13.3. The second-order valence-electron chi connectivity index (χ2n) is 7.16. The molecule has 7 nitrogen and oxygen atoms in total. The molecule has 3 heterocycles. The molecule has 0 radical (unpaired) electrons. The van der Waals surface area contributed by atoms with Crippen LogP contribution in [-0.4, -0.2) is 48.5 Å². The average Bonchev–Trinajstić information content (AvgIpc) is 3.23. The van der Waals surface area contributed by atoms with Crippen molar-refractivity contribution in [3.05, 3.63) is 36.2 Å². The Kier molecular flexibility index (Phi) is 5.48. The van der Waals surface area contributed by atoms with Crippen molar-refractivity contribution in [2.75, 3.05) is 41.7 Å². The summed E-state index contributed by atoms with van der Waals surface area (Å²) in [6, 6.07) is 6.39. The van der Waals surface area contributed by atoms with E-state index in [4.69, 9.17) is 0 Å². The lowest BCUT2D eigenvalue weighted by Crippen LogP contribution is -2.43. The van der Waals surface area contributed by atoms with Crippen LogP contribution in [-0.2, 0) is 0 Å². The van der Waals surface area contributed by atoms with Gasteiger partial charge >= 0.3 is 0 Å². The molecular formula is C20H26N6O. The number of aldehydes is 1. The zero-order valence-corrected chi connectivity index (χ0v) is 15.4. The van der Waals surface area contributed by atoms with Crippen LogP contribution in [0.2, 0.25) is 0 Å². The van der Waals surface area contributed by atoms with Crippen molar-refractivity contribution in [2.24, 2.45) is 0 Å². The molecule has 0 aromatic carbocycles. The van der Waals surface area contributed by atoms with Crippen molar-refractivity contribution in [3.63, 3.8) is 0 Å². The highest BCUT2D eigenvalue weighted by Gasteiger charge is 2.16. The molecule has 0 amide bonds. The molecule has 0 atom stereocenters. The number of carbonyl (C=O) groups is 1. The van der Waals surface area contributed by atoms with Gasteiger partial charge in [0.2, 0.25) is 0 Å². The summed E-state index contributed by atoms with van der Waals surface area (Å²) in [5.74, 6) is 1.43. The Morgan fingerprint density at radius 2 is 1.85 bits per heavy atom. The van der Waals surface area contributed by atoms with Crippen molar-refractivity contribution in [1.82, 2.24) is 15.3 Å². The molecule has 1 saturated heterocycles. The number of aromatic nitrogens is 2. The van der Waals surface area contributed by atoms with Crippen LogP contribution in [0.1, 0.15) is 36.0 Å². The fourth-order valence-electron chi connectivity index (χ4n) is 3.74. The first kappa shape index (κ1) is 17.7. The van der Waals surface area contributed by atoms with Crippen LogP contribution in [0, 0.1) is 0 Å². The van der Waals surface area contributed by atoms with Gasteiger partial charge in [-0.15, -0.1) is 0 Å². The van der Waals surface area contributed by atoms with Crippen LogP contribution >= 0.6 is 0 Å². The standard InChI is InChI=1S/C20H26N6O/c27-14-15-12-22-20(11-18(15)24-16-3-1-2-4-16)25-19-6-5-17(13-23-19)26-9-7-21-8-10-26/h5-6,11-14,16,21H,1-4,7-10H2,(H2,22,23,24,25). The van der Waals surface area contributed by atoms with Gasteiger partial charge in [0.15, 0.2) is 6.29 Å². The van der Waals surface area contributed by atoms with Gasteiger partial charge < -0.3 is 20.9 Å². The highest BCUT2D eigenvalue weighted by molar-refractivity contribution is 5.85. The lowest BCUT2D eigenvalue weighted by Gasteiger charge is -2.29. The van der Waals surface area contributed by atoms with Crippen LogP contribution in [0.15, 0.2) is 30.6 Å². The topological polar surface area (TPSA) is 82.2 Å². The molecule has 2 aromatic heterocycles. The summed E-state index contributed by atoms with van der Waals surface area (Å²) in [6.07, 6.45) is 9.15. The van der Waals surface area contributed by atoms with E-state index in [1.807, 2.05) is 18.3 Å². The summed E-state index contributed by atoms with van der Waals surface area (Å²) < 4.78 is 0. The first-order valence-corrected chi connectivity index (χ1v) is 9.72. The Morgan fingerprint density at radius 1 is 1.07 bits per heavy atom. The summed E-state index contributed by atoms with van der Waals surface area (Å²) in [4.78, 5) is 22.5. The molecule has 0 bridgehead atoms. The minimum Gasteiger partial charge on any atom is -0.382 e. The molecule has 2 fully saturated rings. The third kappa shape index (κ3) is 4.36. The van der Waals surface area contributed by atoms with Crippen molar-refractivity contribution in [2.45, 2.75) is 31.7 Å². The molecule has 1 aliphatic carbocycles. The van der Waals surface area contributed by atoms with Gasteiger partial charge in [0.05, 0.1) is 23.1 Å². The summed E-state index contributed by atoms with van der Waals surface area (Å²) in [6.45, 7) is 4.01. The third-order valence-corrected chi connectivity index (χ3v) is 5.26. The zero-order valence-electron chi connectivity index (χ0n) is 15.4. The maximum atomic E-state index is 11.3. The average molecular weight is 366 g/mol. The number of rotatable bonds is 6. The van der Waals surface area contributed by atoms with Gasteiger partial charge in [0.1, 0.15) is 11.6 Å². The van der Waals surface area contributed by atoms with Crippen LogP contribution in [0.4, 0.5) is 23.0 Å². The molecule has 3 N–H and O–H groups in total. The monoisotopic (exact) mass is 366 g/mol. The summed E-state index contributed by atoms with van der Waals surface area (Å²) >= 11 is 0. The van der Waals surface area contributed by atoms with Gasteiger partial charge in [-0.2, -0.15) is 0 Å². The predicted molar refractivity (Wildman–Crippen MR) is 108 cm³/mol. The fourth-order valence-corrected chi connectivity index (χ4v) is 3.74. The molecule has 0 unspecified atom stereocenters. The van der Waals surface area contributed by atoms with Crippen molar-refractivity contribution < 1.29 is 4.79 Å². The van der Waals surface area contributed by atoms with Gasteiger partial charge in [0, 0.05) is 44.5 Å². The molecule has 27 heavy (non-hydrogen) atoms. The SMILES string of the molecule is O=Cc1cnc(Nc2ccc(N3CCNCC3)cn2)cc1NC1CCCC1. The minimum atomic E-state index is 0.440. The van der Waals surface area contributed by atoms with E-state index in [9.17, 15) is 4.79 Å². The summed E-state index contributed by atoms with van der Waals surface area (Å²) in [5.41, 5.74) is 2.57. The van der Waals surface area contributed by atoms with Gasteiger partial charge in [-0.3, -0.25) is 4.79 Å². The second kappa shape index (κ2) is 8.35. The van der Waals surface area contributed by atoms with E-state index in [1.165, 1.54) is 12.8 Å². The zero-order chi connectivity index (χ0) is 18.5. The van der Waals surface area contributed by atoms with Crippen LogP contribution in [0.25, 0.3) is 0 Å². The van der Waals surface area contributed by atoms with E-state index in [1.54, 1.807) is 6.20 Å². The molecule has 1 aliphatic heterocycles. The number of nitrogens with zero attached hydrogens (tertiary/aromatic N) is 3. The Balaban J connectivity index is 1.45. The Hall–Kier alpha value is -2.67. The highest BCUT2D eigenvalue weighted by atomic mass is 16.1. The number of nitrogens with one attached hydrogen (secondary N) is 3. The van der Waals surface area contributed by atoms with Crippen molar-refractivity contribution in [1.29, 1.82) is 0 Å². The smallest absolute Gasteiger partial charge is 0.153 e. The van der Waals surface area contributed by atoms with Gasteiger partial charge in [0.25, 0.3) is 0 Å². The largest absolute Gasteiger partial charge is 0.382 e. The summed E-state index contributed by atoms with van der Waals surface area (Å²) in [7, 11) is 0. The van der Waals surface area contributed by atoms with E-state index in [0.29, 0.717) is 17.4 Å². The number of piperazine rings is 1. The molecule has 4 rings (SSSR count). The molecule has 2 aliphatic rings. The molecule has 0 spiro atoms. The lowest BCUT2D eigenvalue weighted by atomic mass is 10.2. The van der Waals surface area contributed by atoms with Crippen molar-refractivity contribution in [3.8, 4) is 0 Å². The van der Waals surface area contributed by atoms with Gasteiger partial charge in [-0.05, 0) is 25.0 Å². The van der Waals surface area contributed by atoms with Crippen molar-refractivity contribution >= 4 is 29.3 Å². The molecule has 2 aromatic rings. The second-order valence-corrected chi connectivity index (χ2v) is 7.16. The molecule has 142 valence electrons. The van der Waals surface area contributed by atoms with E-state index in [2.05, 4.69) is 36.9 Å². The third-order valence-electron chi connectivity index (χ3n) is 5.26. The quantitative estimate of drug-likeness (QED) is 0.678. The van der Waals surface area contributed by atoms with Gasteiger partial charge in [-0.1, -0.05) is 12.8 Å².